The predicted octanol–water partition coefficient (Wildman–Crippen LogP) is 2.59. The molecule has 1 atom stereocenters. The molecule has 2 aromatic heterocycles. The Bertz CT molecular complexity index is 774. The summed E-state index contributed by atoms with van der Waals surface area (Å²) in [6, 6.07) is 8.60. The molecule has 4 rings (SSSR count). The van der Waals surface area contributed by atoms with Crippen molar-refractivity contribution in [3.63, 3.8) is 0 Å². The summed E-state index contributed by atoms with van der Waals surface area (Å²) in [7, 11) is 0. The molecule has 1 aliphatic rings. The molecule has 5 nitrogen and oxygen atoms in total. The molecule has 21 heavy (non-hydrogen) atoms. The number of hydrogen-bond acceptors (Lipinski definition) is 4. The summed E-state index contributed by atoms with van der Waals surface area (Å²) in [5.74, 6) is 1.03. The van der Waals surface area contributed by atoms with Crippen LogP contribution >= 0.6 is 0 Å². The summed E-state index contributed by atoms with van der Waals surface area (Å²) in [6.45, 7) is 4.03. The monoisotopic (exact) mass is 279 g/mol. The molecule has 0 bridgehead atoms. The van der Waals surface area contributed by atoms with E-state index in [0.717, 1.165) is 36.2 Å². The minimum absolute atomic E-state index is 0.424. The summed E-state index contributed by atoms with van der Waals surface area (Å²) in [4.78, 5) is 11.2. The Morgan fingerprint density at radius 2 is 2.10 bits per heavy atom. The second-order valence-electron chi connectivity index (χ2n) is 5.60. The molecule has 1 unspecified atom stereocenters. The molecular formula is C16H17N5. The molecule has 1 fully saturated rings. The number of aryl methyl sites for hydroxylation is 1. The minimum Gasteiger partial charge on any atom is -0.354 e. The first kappa shape index (κ1) is 12.3. The van der Waals surface area contributed by atoms with Gasteiger partial charge in [-0.25, -0.2) is 9.97 Å². The van der Waals surface area contributed by atoms with Crippen LogP contribution in [0.3, 0.4) is 0 Å². The van der Waals surface area contributed by atoms with Gasteiger partial charge in [-0.05, 0) is 31.0 Å². The van der Waals surface area contributed by atoms with E-state index in [4.69, 9.17) is 0 Å². The summed E-state index contributed by atoms with van der Waals surface area (Å²) < 4.78 is 2.08. The van der Waals surface area contributed by atoms with Gasteiger partial charge < -0.3 is 4.90 Å². The topological polar surface area (TPSA) is 46.8 Å². The van der Waals surface area contributed by atoms with E-state index in [1.807, 2.05) is 24.4 Å². The number of rotatable bonds is 2. The van der Waals surface area contributed by atoms with Gasteiger partial charge in [-0.3, -0.25) is 4.68 Å². The first-order chi connectivity index (χ1) is 10.3. The fourth-order valence-electron chi connectivity index (χ4n) is 3.03. The Balaban J connectivity index is 1.65. The van der Waals surface area contributed by atoms with Crippen LogP contribution in [0.4, 0.5) is 5.82 Å². The Hall–Kier alpha value is -2.43. The Morgan fingerprint density at radius 1 is 1.19 bits per heavy atom. The van der Waals surface area contributed by atoms with Gasteiger partial charge in [0.25, 0.3) is 0 Å². The maximum atomic E-state index is 4.51. The summed E-state index contributed by atoms with van der Waals surface area (Å²) in [6.07, 6.45) is 6.79. The van der Waals surface area contributed by atoms with Crippen molar-refractivity contribution in [2.75, 3.05) is 18.0 Å². The zero-order valence-corrected chi connectivity index (χ0v) is 12.0. The largest absolute Gasteiger partial charge is 0.354 e. The standard InChI is InChI=1S/C16H17N5/c1-12-8-19-21(9-12)13-6-7-20(10-13)16-14-4-2-3-5-15(14)17-11-18-16/h2-5,8-9,11,13H,6-7,10H2,1H3. The van der Waals surface area contributed by atoms with Crippen LogP contribution in [-0.2, 0) is 0 Å². The van der Waals surface area contributed by atoms with Crippen LogP contribution in [0, 0.1) is 6.92 Å². The Morgan fingerprint density at radius 3 is 2.95 bits per heavy atom. The molecule has 5 heteroatoms. The fourth-order valence-corrected chi connectivity index (χ4v) is 3.03. The average molecular weight is 279 g/mol. The number of nitrogens with zero attached hydrogens (tertiary/aromatic N) is 5. The Labute approximate surface area is 123 Å². The molecule has 1 saturated heterocycles. The molecule has 1 aromatic carbocycles. The van der Waals surface area contributed by atoms with E-state index < -0.39 is 0 Å². The van der Waals surface area contributed by atoms with E-state index in [1.165, 1.54) is 5.56 Å². The van der Waals surface area contributed by atoms with E-state index in [0.29, 0.717) is 6.04 Å². The fraction of sp³-hybridized carbons (Fsp3) is 0.312. The van der Waals surface area contributed by atoms with Crippen molar-refractivity contribution in [1.82, 2.24) is 19.7 Å². The van der Waals surface area contributed by atoms with Gasteiger partial charge in [0.15, 0.2) is 0 Å². The summed E-state index contributed by atoms with van der Waals surface area (Å²) >= 11 is 0. The maximum Gasteiger partial charge on any atom is 0.139 e. The summed E-state index contributed by atoms with van der Waals surface area (Å²) in [5.41, 5.74) is 2.21. The van der Waals surface area contributed by atoms with Crippen LogP contribution in [0.2, 0.25) is 0 Å². The lowest BCUT2D eigenvalue weighted by atomic mass is 10.2. The first-order valence-electron chi connectivity index (χ1n) is 7.27. The lowest BCUT2D eigenvalue weighted by Gasteiger charge is -2.19. The smallest absolute Gasteiger partial charge is 0.139 e. The van der Waals surface area contributed by atoms with Crippen LogP contribution in [0.25, 0.3) is 10.9 Å². The number of hydrogen-bond donors (Lipinski definition) is 0. The van der Waals surface area contributed by atoms with Crippen molar-refractivity contribution in [3.8, 4) is 0 Å². The van der Waals surface area contributed by atoms with Crippen LogP contribution < -0.4 is 4.90 Å². The molecule has 0 amide bonds. The second-order valence-corrected chi connectivity index (χ2v) is 5.60. The molecule has 3 heterocycles. The molecule has 1 aliphatic heterocycles. The highest BCUT2D eigenvalue weighted by Gasteiger charge is 2.26. The Kier molecular flexibility index (Phi) is 2.84. The van der Waals surface area contributed by atoms with Gasteiger partial charge in [-0.1, -0.05) is 12.1 Å². The van der Waals surface area contributed by atoms with Gasteiger partial charge >= 0.3 is 0 Å². The molecule has 0 N–H and O–H groups in total. The van der Waals surface area contributed by atoms with E-state index in [9.17, 15) is 0 Å². The van der Waals surface area contributed by atoms with Crippen LogP contribution in [0.5, 0.6) is 0 Å². The maximum absolute atomic E-state index is 4.51. The summed E-state index contributed by atoms with van der Waals surface area (Å²) in [5, 5.41) is 5.57. The molecule has 0 aliphatic carbocycles. The van der Waals surface area contributed by atoms with Gasteiger partial charge in [-0.2, -0.15) is 5.10 Å². The van der Waals surface area contributed by atoms with E-state index in [2.05, 4.69) is 43.8 Å². The molecule has 0 saturated carbocycles. The van der Waals surface area contributed by atoms with Gasteiger partial charge in [0.05, 0.1) is 17.8 Å². The van der Waals surface area contributed by atoms with Crippen molar-refractivity contribution in [1.29, 1.82) is 0 Å². The van der Waals surface area contributed by atoms with Gasteiger partial charge in [0.1, 0.15) is 12.1 Å². The number of fused-ring (bicyclic) bond motifs is 1. The quantitative estimate of drug-likeness (QED) is 0.723. The zero-order chi connectivity index (χ0) is 14.2. The van der Waals surface area contributed by atoms with Crippen LogP contribution in [-0.4, -0.2) is 32.8 Å². The third kappa shape index (κ3) is 2.14. The van der Waals surface area contributed by atoms with Crippen molar-refractivity contribution < 1.29 is 0 Å². The zero-order valence-electron chi connectivity index (χ0n) is 12.0. The number of anilines is 1. The van der Waals surface area contributed by atoms with Crippen molar-refractivity contribution in [2.24, 2.45) is 0 Å². The number of para-hydroxylation sites is 1. The molecular weight excluding hydrogens is 262 g/mol. The van der Waals surface area contributed by atoms with E-state index in [1.54, 1.807) is 6.33 Å². The SMILES string of the molecule is Cc1cnn(C2CCN(c3ncnc4ccccc34)C2)c1. The van der Waals surface area contributed by atoms with Gasteiger partial charge in [0.2, 0.25) is 0 Å². The third-order valence-electron chi connectivity index (χ3n) is 4.09. The lowest BCUT2D eigenvalue weighted by molar-refractivity contribution is 0.494. The second kappa shape index (κ2) is 4.84. The highest BCUT2D eigenvalue weighted by Crippen LogP contribution is 2.29. The normalized spacial score (nSPS) is 18.5. The van der Waals surface area contributed by atoms with E-state index >= 15 is 0 Å². The van der Waals surface area contributed by atoms with Crippen molar-refractivity contribution in [3.05, 3.63) is 48.5 Å². The molecule has 106 valence electrons. The highest BCUT2D eigenvalue weighted by atomic mass is 15.3. The highest BCUT2D eigenvalue weighted by molar-refractivity contribution is 5.89. The van der Waals surface area contributed by atoms with E-state index in [-0.39, 0.29) is 0 Å². The first-order valence-corrected chi connectivity index (χ1v) is 7.27. The molecule has 3 aromatic rings. The van der Waals surface area contributed by atoms with Crippen molar-refractivity contribution >= 4 is 16.7 Å². The van der Waals surface area contributed by atoms with Crippen LogP contribution in [0.1, 0.15) is 18.0 Å². The predicted molar refractivity (Wildman–Crippen MR) is 82.4 cm³/mol. The van der Waals surface area contributed by atoms with Crippen molar-refractivity contribution in [2.45, 2.75) is 19.4 Å². The minimum atomic E-state index is 0.424. The number of aromatic nitrogens is 4. The lowest BCUT2D eigenvalue weighted by Crippen LogP contribution is -2.22. The van der Waals surface area contributed by atoms with Crippen LogP contribution in [0.15, 0.2) is 43.0 Å². The number of benzene rings is 1. The van der Waals surface area contributed by atoms with Gasteiger partial charge in [0, 0.05) is 24.7 Å². The molecule has 0 spiro atoms. The molecule has 0 radical (unpaired) electrons. The van der Waals surface area contributed by atoms with Gasteiger partial charge in [-0.15, -0.1) is 0 Å². The average Bonchev–Trinajstić information content (AvgIpc) is 3.15. The third-order valence-corrected chi connectivity index (χ3v) is 4.09.